The number of anilines is 1. The molecule has 2 amide bonds. The minimum atomic E-state index is -4.13. The van der Waals surface area contributed by atoms with E-state index in [1.165, 1.54) is 17.0 Å². The number of carbonyl (C=O) groups excluding carboxylic acids is 2. The first kappa shape index (κ1) is 32.0. The molecule has 0 aromatic heterocycles. The summed E-state index contributed by atoms with van der Waals surface area (Å²) in [6.45, 7) is 3.30. The molecule has 224 valence electrons. The molecule has 0 unspecified atom stereocenters. The number of hydrogen-bond donors (Lipinski definition) is 1. The predicted molar refractivity (Wildman–Crippen MR) is 171 cm³/mol. The summed E-state index contributed by atoms with van der Waals surface area (Å²) in [6, 6.07) is 19.8. The van der Waals surface area contributed by atoms with Crippen LogP contribution in [0, 0.1) is 6.92 Å². The molecule has 1 aliphatic carbocycles. The summed E-state index contributed by atoms with van der Waals surface area (Å²) in [5.41, 5.74) is 1.92. The summed E-state index contributed by atoms with van der Waals surface area (Å²) in [5.74, 6) is -0.739. The summed E-state index contributed by atoms with van der Waals surface area (Å²) >= 11 is 9.92. The summed E-state index contributed by atoms with van der Waals surface area (Å²) in [4.78, 5) is 29.4. The van der Waals surface area contributed by atoms with E-state index in [4.69, 9.17) is 11.6 Å². The Morgan fingerprint density at radius 3 is 2.33 bits per heavy atom. The normalized spacial score (nSPS) is 14.7. The third kappa shape index (κ3) is 7.94. The first-order valence-corrected chi connectivity index (χ1v) is 16.9. The van der Waals surface area contributed by atoms with E-state index >= 15 is 0 Å². The van der Waals surface area contributed by atoms with Gasteiger partial charge in [-0.15, -0.1) is 0 Å². The molecule has 0 saturated heterocycles. The number of nitrogens with one attached hydrogen (secondary N) is 1. The fourth-order valence-electron chi connectivity index (χ4n) is 5.27. The molecular weight excluding hydrogens is 638 g/mol. The molecule has 0 spiro atoms. The van der Waals surface area contributed by atoms with Crippen molar-refractivity contribution in [2.24, 2.45) is 0 Å². The van der Waals surface area contributed by atoms with Crippen LogP contribution in [-0.2, 0) is 26.2 Å². The number of carbonyl (C=O) groups is 2. The van der Waals surface area contributed by atoms with Crippen molar-refractivity contribution in [3.8, 4) is 0 Å². The molecule has 1 N–H and O–H groups in total. The van der Waals surface area contributed by atoms with Crippen LogP contribution in [0.5, 0.6) is 0 Å². The van der Waals surface area contributed by atoms with Crippen LogP contribution < -0.4 is 9.62 Å². The quantitative estimate of drug-likeness (QED) is 0.241. The van der Waals surface area contributed by atoms with Gasteiger partial charge in [-0.05, 0) is 68.1 Å². The average Bonchev–Trinajstić information content (AvgIpc) is 2.97. The lowest BCUT2D eigenvalue weighted by atomic mass is 9.95. The molecular formula is C32H37BrClN3O4S. The number of rotatable bonds is 11. The van der Waals surface area contributed by atoms with E-state index < -0.39 is 28.5 Å². The summed E-state index contributed by atoms with van der Waals surface area (Å²) in [5, 5.41) is 3.62. The van der Waals surface area contributed by atoms with Gasteiger partial charge in [-0.1, -0.05) is 95.7 Å². The molecule has 3 aromatic rings. The number of amides is 2. The van der Waals surface area contributed by atoms with Crippen molar-refractivity contribution in [2.45, 2.75) is 75.9 Å². The van der Waals surface area contributed by atoms with Crippen LogP contribution in [0.25, 0.3) is 0 Å². The van der Waals surface area contributed by atoms with E-state index in [0.29, 0.717) is 27.2 Å². The maximum atomic E-state index is 14.2. The van der Waals surface area contributed by atoms with Gasteiger partial charge in [0.25, 0.3) is 10.0 Å². The molecule has 3 aromatic carbocycles. The monoisotopic (exact) mass is 673 g/mol. The smallest absolute Gasteiger partial charge is 0.264 e. The number of sulfonamides is 1. The minimum Gasteiger partial charge on any atom is -0.352 e. The van der Waals surface area contributed by atoms with E-state index in [1.54, 1.807) is 48.5 Å². The fraction of sp³-hybridized carbons (Fsp3) is 0.375. The van der Waals surface area contributed by atoms with Gasteiger partial charge in [0.2, 0.25) is 11.8 Å². The van der Waals surface area contributed by atoms with Gasteiger partial charge >= 0.3 is 0 Å². The first-order valence-electron chi connectivity index (χ1n) is 14.3. The Balaban J connectivity index is 1.71. The second kappa shape index (κ2) is 14.5. The Labute approximate surface area is 262 Å². The van der Waals surface area contributed by atoms with E-state index in [9.17, 15) is 18.0 Å². The van der Waals surface area contributed by atoms with Crippen molar-refractivity contribution in [3.63, 3.8) is 0 Å². The van der Waals surface area contributed by atoms with Crippen molar-refractivity contribution >= 4 is 55.1 Å². The van der Waals surface area contributed by atoms with Crippen molar-refractivity contribution in [3.05, 3.63) is 93.4 Å². The van der Waals surface area contributed by atoms with Gasteiger partial charge in [0.05, 0.1) is 10.6 Å². The van der Waals surface area contributed by atoms with Crippen LogP contribution in [0.1, 0.15) is 56.6 Å². The first-order chi connectivity index (χ1) is 20.1. The summed E-state index contributed by atoms with van der Waals surface area (Å²) < 4.78 is 29.8. The van der Waals surface area contributed by atoms with E-state index in [2.05, 4.69) is 21.2 Å². The Hall–Kier alpha value is -2.88. The zero-order chi connectivity index (χ0) is 30.3. The summed E-state index contributed by atoms with van der Waals surface area (Å²) in [6.07, 6.45) is 5.45. The lowest BCUT2D eigenvalue weighted by Crippen LogP contribution is -2.54. The van der Waals surface area contributed by atoms with Crippen LogP contribution in [-0.4, -0.2) is 43.8 Å². The Morgan fingerprint density at radius 1 is 1.00 bits per heavy atom. The molecule has 42 heavy (non-hydrogen) atoms. The number of hydrogen-bond acceptors (Lipinski definition) is 4. The Kier molecular flexibility index (Phi) is 11.1. The van der Waals surface area contributed by atoms with Gasteiger partial charge in [-0.2, -0.15) is 0 Å². The number of halogens is 2. The molecule has 7 nitrogen and oxygen atoms in total. The largest absolute Gasteiger partial charge is 0.352 e. The maximum absolute atomic E-state index is 14.2. The van der Waals surface area contributed by atoms with E-state index in [1.807, 2.05) is 26.0 Å². The lowest BCUT2D eigenvalue weighted by molar-refractivity contribution is -0.140. The Morgan fingerprint density at radius 2 is 1.69 bits per heavy atom. The standard InChI is InChI=1S/C32H37BrClN3O4S/c1-3-30(32(39)35-26-12-5-4-6-13-26)36(21-24-10-7-8-15-29(24)34)31(38)22-37(27-14-9-11-25(33)20-27)42(40,41)28-18-16-23(2)17-19-28/h7-11,14-20,26,30H,3-6,12-13,21-22H2,1-2H3,(H,35,39)/t30-/m1/s1. The van der Waals surface area contributed by atoms with Gasteiger partial charge in [0.15, 0.2) is 0 Å². The number of aryl methyl sites for hydroxylation is 1. The SMILES string of the molecule is CC[C@H](C(=O)NC1CCCCC1)N(Cc1ccccc1Cl)C(=O)CN(c1cccc(Br)c1)S(=O)(=O)c1ccc(C)cc1. The molecule has 0 radical (unpaired) electrons. The topological polar surface area (TPSA) is 86.8 Å². The van der Waals surface area contributed by atoms with Crippen LogP contribution in [0.3, 0.4) is 0 Å². The van der Waals surface area contributed by atoms with Crippen molar-refractivity contribution in [1.82, 2.24) is 10.2 Å². The van der Waals surface area contributed by atoms with E-state index in [0.717, 1.165) is 42.0 Å². The predicted octanol–water partition coefficient (Wildman–Crippen LogP) is 6.86. The van der Waals surface area contributed by atoms with Gasteiger partial charge in [0, 0.05) is 22.1 Å². The van der Waals surface area contributed by atoms with Gasteiger partial charge in [0.1, 0.15) is 12.6 Å². The highest BCUT2D eigenvalue weighted by molar-refractivity contribution is 9.10. The molecule has 10 heteroatoms. The lowest BCUT2D eigenvalue weighted by Gasteiger charge is -2.34. The van der Waals surface area contributed by atoms with Crippen LogP contribution in [0.2, 0.25) is 5.02 Å². The molecule has 1 saturated carbocycles. The van der Waals surface area contributed by atoms with Gasteiger partial charge in [-0.3, -0.25) is 13.9 Å². The van der Waals surface area contributed by atoms with Crippen molar-refractivity contribution in [2.75, 3.05) is 10.8 Å². The molecule has 0 heterocycles. The highest BCUT2D eigenvalue weighted by Gasteiger charge is 2.34. The molecule has 0 aliphatic heterocycles. The second-order valence-corrected chi connectivity index (χ2v) is 13.9. The van der Waals surface area contributed by atoms with Crippen molar-refractivity contribution in [1.29, 1.82) is 0 Å². The highest BCUT2D eigenvalue weighted by Crippen LogP contribution is 2.28. The second-order valence-electron chi connectivity index (χ2n) is 10.7. The summed E-state index contributed by atoms with van der Waals surface area (Å²) in [7, 11) is -4.13. The van der Waals surface area contributed by atoms with Gasteiger partial charge in [-0.25, -0.2) is 8.42 Å². The maximum Gasteiger partial charge on any atom is 0.264 e. The van der Waals surface area contributed by atoms with E-state index in [-0.39, 0.29) is 23.4 Å². The zero-order valence-corrected chi connectivity index (χ0v) is 27.1. The van der Waals surface area contributed by atoms with Crippen LogP contribution in [0.15, 0.2) is 82.2 Å². The fourth-order valence-corrected chi connectivity index (χ4v) is 7.26. The highest BCUT2D eigenvalue weighted by atomic mass is 79.9. The molecule has 1 fully saturated rings. The average molecular weight is 675 g/mol. The third-order valence-corrected chi connectivity index (χ3v) is 10.3. The molecule has 1 aliphatic rings. The zero-order valence-electron chi connectivity index (χ0n) is 23.9. The molecule has 4 rings (SSSR count). The van der Waals surface area contributed by atoms with Gasteiger partial charge < -0.3 is 10.2 Å². The minimum absolute atomic E-state index is 0.0615. The number of benzene rings is 3. The van der Waals surface area contributed by atoms with Crippen LogP contribution in [0.4, 0.5) is 5.69 Å². The molecule has 0 bridgehead atoms. The molecule has 1 atom stereocenters. The number of nitrogens with zero attached hydrogens (tertiary/aromatic N) is 2. The third-order valence-electron chi connectivity index (χ3n) is 7.62. The Bertz CT molecular complexity index is 1490. The van der Waals surface area contributed by atoms with Crippen molar-refractivity contribution < 1.29 is 18.0 Å². The van der Waals surface area contributed by atoms with Crippen LogP contribution >= 0.6 is 27.5 Å².